The lowest BCUT2D eigenvalue weighted by molar-refractivity contribution is 0.376. The Labute approximate surface area is 126 Å². The van der Waals surface area contributed by atoms with Crippen LogP contribution >= 0.6 is 0 Å². The fraction of sp³-hybridized carbons (Fsp3) is 0.353. The van der Waals surface area contributed by atoms with Gasteiger partial charge < -0.3 is 14.8 Å². The van der Waals surface area contributed by atoms with E-state index in [1.54, 1.807) is 26.6 Å². The van der Waals surface area contributed by atoms with Crippen LogP contribution in [0.4, 0.5) is 0 Å². The summed E-state index contributed by atoms with van der Waals surface area (Å²) in [5.74, 6) is 1.64. The number of methoxy groups -OCH3 is 2. The first-order valence-corrected chi connectivity index (χ1v) is 7.16. The van der Waals surface area contributed by atoms with Crippen molar-refractivity contribution in [3.8, 4) is 11.5 Å². The van der Waals surface area contributed by atoms with Gasteiger partial charge >= 0.3 is 0 Å². The number of aromatic nitrogens is 1. The van der Waals surface area contributed by atoms with Crippen LogP contribution in [0.5, 0.6) is 11.5 Å². The molecule has 1 atom stereocenters. The second kappa shape index (κ2) is 7.64. The Bertz CT molecular complexity index is 536. The Morgan fingerprint density at radius 3 is 2.19 bits per heavy atom. The lowest BCUT2D eigenvalue weighted by Gasteiger charge is -2.23. The predicted molar refractivity (Wildman–Crippen MR) is 83.9 cm³/mol. The molecule has 0 aliphatic rings. The van der Waals surface area contributed by atoms with Gasteiger partial charge in [-0.2, -0.15) is 0 Å². The number of nitrogens with one attached hydrogen (secondary N) is 1. The molecule has 0 radical (unpaired) electrons. The quantitative estimate of drug-likeness (QED) is 0.849. The summed E-state index contributed by atoms with van der Waals surface area (Å²) in [6, 6.07) is 9.89. The van der Waals surface area contributed by atoms with E-state index < -0.39 is 0 Å². The number of nitrogens with zero attached hydrogens (tertiary/aromatic N) is 1. The van der Waals surface area contributed by atoms with E-state index in [4.69, 9.17) is 9.47 Å². The Hall–Kier alpha value is -2.07. The molecule has 0 spiro atoms. The highest BCUT2D eigenvalue weighted by molar-refractivity contribution is 5.50. The van der Waals surface area contributed by atoms with Gasteiger partial charge in [0.15, 0.2) is 0 Å². The fourth-order valence-electron chi connectivity index (χ4n) is 2.40. The van der Waals surface area contributed by atoms with Crippen molar-refractivity contribution in [3.05, 3.63) is 53.9 Å². The lowest BCUT2D eigenvalue weighted by atomic mass is 9.97. The highest BCUT2D eigenvalue weighted by atomic mass is 16.5. The van der Waals surface area contributed by atoms with Crippen LogP contribution < -0.4 is 14.8 Å². The van der Waals surface area contributed by atoms with Gasteiger partial charge in [0.2, 0.25) is 0 Å². The third-order valence-electron chi connectivity index (χ3n) is 3.39. The monoisotopic (exact) mass is 286 g/mol. The Balaban J connectivity index is 2.50. The molecule has 0 bridgehead atoms. The lowest BCUT2D eigenvalue weighted by Crippen LogP contribution is -2.24. The SMILES string of the molecule is CCCNC(c1ccncc1)c1c(OC)cccc1OC. The van der Waals surface area contributed by atoms with Gasteiger partial charge in [0, 0.05) is 12.4 Å². The van der Waals surface area contributed by atoms with Crippen molar-refractivity contribution in [2.75, 3.05) is 20.8 Å². The number of rotatable bonds is 7. The molecule has 1 unspecified atom stereocenters. The average molecular weight is 286 g/mol. The van der Waals surface area contributed by atoms with Crippen LogP contribution in [0, 0.1) is 0 Å². The van der Waals surface area contributed by atoms with E-state index in [-0.39, 0.29) is 6.04 Å². The van der Waals surface area contributed by atoms with Crippen molar-refractivity contribution in [2.45, 2.75) is 19.4 Å². The first-order chi connectivity index (χ1) is 10.3. The van der Waals surface area contributed by atoms with E-state index in [1.807, 2.05) is 30.3 Å². The molecule has 0 amide bonds. The minimum absolute atomic E-state index is 0.0130. The summed E-state index contributed by atoms with van der Waals surface area (Å²) in [6.45, 7) is 3.06. The molecule has 2 aromatic rings. The van der Waals surface area contributed by atoms with Gasteiger partial charge in [-0.05, 0) is 42.8 Å². The van der Waals surface area contributed by atoms with E-state index in [0.717, 1.165) is 35.6 Å². The summed E-state index contributed by atoms with van der Waals surface area (Å²) in [6.07, 6.45) is 4.66. The topological polar surface area (TPSA) is 43.4 Å². The Morgan fingerprint density at radius 1 is 1.05 bits per heavy atom. The van der Waals surface area contributed by atoms with Crippen LogP contribution in [-0.4, -0.2) is 25.7 Å². The third kappa shape index (κ3) is 3.52. The average Bonchev–Trinajstić information content (AvgIpc) is 2.56. The van der Waals surface area contributed by atoms with Crippen molar-refractivity contribution >= 4 is 0 Å². The van der Waals surface area contributed by atoms with Gasteiger partial charge in [-0.1, -0.05) is 13.0 Å². The smallest absolute Gasteiger partial charge is 0.127 e. The molecule has 21 heavy (non-hydrogen) atoms. The van der Waals surface area contributed by atoms with Crippen LogP contribution in [0.15, 0.2) is 42.7 Å². The van der Waals surface area contributed by atoms with Gasteiger partial charge in [-0.25, -0.2) is 0 Å². The molecule has 4 nitrogen and oxygen atoms in total. The standard InChI is InChI=1S/C17H22N2O2/c1-4-10-19-17(13-8-11-18-12-9-13)16-14(20-2)6-5-7-15(16)21-3/h5-9,11-12,17,19H,4,10H2,1-3H3. The van der Waals surface area contributed by atoms with Crippen molar-refractivity contribution in [1.82, 2.24) is 10.3 Å². The molecule has 112 valence electrons. The second-order valence-electron chi connectivity index (χ2n) is 4.74. The maximum atomic E-state index is 5.53. The van der Waals surface area contributed by atoms with Gasteiger partial charge in [-0.15, -0.1) is 0 Å². The van der Waals surface area contributed by atoms with Crippen molar-refractivity contribution in [1.29, 1.82) is 0 Å². The molecule has 0 fully saturated rings. The third-order valence-corrected chi connectivity index (χ3v) is 3.39. The Morgan fingerprint density at radius 2 is 1.67 bits per heavy atom. The summed E-state index contributed by atoms with van der Waals surface area (Å²) < 4.78 is 11.1. The van der Waals surface area contributed by atoms with Crippen LogP contribution in [0.2, 0.25) is 0 Å². The zero-order chi connectivity index (χ0) is 15.1. The van der Waals surface area contributed by atoms with E-state index in [2.05, 4.69) is 17.2 Å². The van der Waals surface area contributed by atoms with Crippen molar-refractivity contribution in [2.24, 2.45) is 0 Å². The molecule has 1 heterocycles. The fourth-order valence-corrected chi connectivity index (χ4v) is 2.40. The van der Waals surface area contributed by atoms with Gasteiger partial charge in [0.05, 0.1) is 25.8 Å². The van der Waals surface area contributed by atoms with Crippen LogP contribution in [0.3, 0.4) is 0 Å². The zero-order valence-electron chi connectivity index (χ0n) is 12.8. The summed E-state index contributed by atoms with van der Waals surface area (Å²) in [4.78, 5) is 4.10. The molecule has 2 rings (SSSR count). The molecule has 1 aromatic carbocycles. The number of hydrogen-bond acceptors (Lipinski definition) is 4. The first kappa shape index (κ1) is 15.3. The molecule has 1 N–H and O–H groups in total. The van der Waals surface area contributed by atoms with Gasteiger partial charge in [0.25, 0.3) is 0 Å². The molecular formula is C17H22N2O2. The minimum Gasteiger partial charge on any atom is -0.496 e. The molecule has 0 aliphatic heterocycles. The number of hydrogen-bond donors (Lipinski definition) is 1. The van der Waals surface area contributed by atoms with E-state index in [1.165, 1.54) is 0 Å². The molecule has 1 aromatic heterocycles. The summed E-state index contributed by atoms with van der Waals surface area (Å²) in [5.41, 5.74) is 2.16. The highest BCUT2D eigenvalue weighted by Crippen LogP contribution is 2.37. The summed E-state index contributed by atoms with van der Waals surface area (Å²) >= 11 is 0. The van der Waals surface area contributed by atoms with Crippen LogP contribution in [-0.2, 0) is 0 Å². The van der Waals surface area contributed by atoms with Gasteiger partial charge in [0.1, 0.15) is 11.5 Å². The van der Waals surface area contributed by atoms with E-state index in [9.17, 15) is 0 Å². The number of pyridine rings is 1. The molecule has 0 saturated carbocycles. The zero-order valence-corrected chi connectivity index (χ0v) is 12.8. The predicted octanol–water partition coefficient (Wildman–Crippen LogP) is 3.19. The van der Waals surface area contributed by atoms with Crippen molar-refractivity contribution < 1.29 is 9.47 Å². The first-order valence-electron chi connectivity index (χ1n) is 7.16. The summed E-state index contributed by atoms with van der Waals surface area (Å²) in [7, 11) is 3.36. The van der Waals surface area contributed by atoms with E-state index >= 15 is 0 Å². The number of ether oxygens (including phenoxy) is 2. The molecular weight excluding hydrogens is 264 g/mol. The number of benzene rings is 1. The maximum absolute atomic E-state index is 5.53. The second-order valence-corrected chi connectivity index (χ2v) is 4.74. The van der Waals surface area contributed by atoms with E-state index in [0.29, 0.717) is 0 Å². The minimum atomic E-state index is 0.0130. The van der Waals surface area contributed by atoms with Crippen molar-refractivity contribution in [3.63, 3.8) is 0 Å². The summed E-state index contributed by atoms with van der Waals surface area (Å²) in [5, 5.41) is 3.56. The molecule has 0 saturated heterocycles. The van der Waals surface area contributed by atoms with Crippen LogP contribution in [0.1, 0.15) is 30.5 Å². The highest BCUT2D eigenvalue weighted by Gasteiger charge is 2.21. The largest absolute Gasteiger partial charge is 0.496 e. The normalized spacial score (nSPS) is 12.0. The maximum Gasteiger partial charge on any atom is 0.127 e. The Kier molecular flexibility index (Phi) is 5.58. The molecule has 4 heteroatoms. The van der Waals surface area contributed by atoms with Crippen LogP contribution in [0.25, 0.3) is 0 Å². The molecule has 0 aliphatic carbocycles. The van der Waals surface area contributed by atoms with Gasteiger partial charge in [-0.3, -0.25) is 4.98 Å².